The van der Waals surface area contributed by atoms with E-state index in [0.29, 0.717) is 0 Å². The Balaban J connectivity index is 2.16. The third kappa shape index (κ3) is 7.22. The Morgan fingerprint density at radius 1 is 1.29 bits per heavy atom. The van der Waals surface area contributed by atoms with E-state index in [-0.39, 0.29) is 5.54 Å². The predicted octanol–water partition coefficient (Wildman–Crippen LogP) is 2.62. The van der Waals surface area contributed by atoms with Gasteiger partial charge in [-0.15, -0.1) is 0 Å². The molecule has 4 heteroatoms. The van der Waals surface area contributed by atoms with Crippen molar-refractivity contribution in [1.29, 1.82) is 5.26 Å². The fourth-order valence-electron chi connectivity index (χ4n) is 2.42. The molecule has 1 heterocycles. The standard InChI is InChI=1S/C17H28N4/c1-4-20-17(2,15-18)10-5-6-13-21(3)14-9-16-7-11-19-12-8-16/h7-8,11-12,20H,4-6,9-10,13-14H2,1-3H3. The second-order valence-corrected chi connectivity index (χ2v) is 5.84. The van der Waals surface area contributed by atoms with Gasteiger partial charge in [0.05, 0.1) is 6.07 Å². The average molecular weight is 288 g/mol. The van der Waals surface area contributed by atoms with E-state index < -0.39 is 0 Å². The monoisotopic (exact) mass is 288 g/mol. The summed E-state index contributed by atoms with van der Waals surface area (Å²) >= 11 is 0. The first-order valence-electron chi connectivity index (χ1n) is 7.83. The molecule has 1 aromatic rings. The highest BCUT2D eigenvalue weighted by Crippen LogP contribution is 2.13. The highest BCUT2D eigenvalue weighted by Gasteiger charge is 2.21. The summed E-state index contributed by atoms with van der Waals surface area (Å²) < 4.78 is 0. The Morgan fingerprint density at radius 2 is 2.00 bits per heavy atom. The lowest BCUT2D eigenvalue weighted by Gasteiger charge is -2.23. The minimum Gasteiger partial charge on any atom is -0.306 e. The topological polar surface area (TPSA) is 52.0 Å². The molecule has 1 N–H and O–H groups in total. The number of likely N-dealkylation sites (N-methyl/N-ethyl adjacent to an activating group) is 1. The Kier molecular flexibility index (Phi) is 7.96. The van der Waals surface area contributed by atoms with Crippen molar-refractivity contribution in [1.82, 2.24) is 15.2 Å². The van der Waals surface area contributed by atoms with Gasteiger partial charge in [-0.05, 0) is 70.4 Å². The summed E-state index contributed by atoms with van der Waals surface area (Å²) in [6, 6.07) is 6.53. The first kappa shape index (κ1) is 17.6. The van der Waals surface area contributed by atoms with E-state index in [4.69, 9.17) is 0 Å². The van der Waals surface area contributed by atoms with Crippen LogP contribution in [0.3, 0.4) is 0 Å². The third-order valence-electron chi connectivity index (χ3n) is 3.81. The zero-order chi connectivity index (χ0) is 15.6. The van der Waals surface area contributed by atoms with Gasteiger partial charge < -0.3 is 4.90 Å². The van der Waals surface area contributed by atoms with E-state index >= 15 is 0 Å². The molecule has 21 heavy (non-hydrogen) atoms. The normalized spacial score (nSPS) is 13.9. The molecular weight excluding hydrogens is 260 g/mol. The van der Waals surface area contributed by atoms with Gasteiger partial charge in [0.25, 0.3) is 0 Å². The van der Waals surface area contributed by atoms with Gasteiger partial charge in [-0.1, -0.05) is 6.92 Å². The van der Waals surface area contributed by atoms with Crippen molar-refractivity contribution in [2.75, 3.05) is 26.7 Å². The molecule has 1 rings (SSSR count). The molecule has 4 nitrogen and oxygen atoms in total. The lowest BCUT2D eigenvalue weighted by atomic mass is 9.96. The summed E-state index contributed by atoms with van der Waals surface area (Å²) in [5.74, 6) is 0. The molecule has 0 fully saturated rings. The maximum Gasteiger partial charge on any atom is 0.103 e. The van der Waals surface area contributed by atoms with Gasteiger partial charge >= 0.3 is 0 Å². The number of hydrogen-bond acceptors (Lipinski definition) is 4. The molecule has 0 aliphatic heterocycles. The molecule has 0 saturated carbocycles. The maximum atomic E-state index is 9.21. The van der Waals surface area contributed by atoms with Crippen LogP contribution in [0.15, 0.2) is 24.5 Å². The Morgan fingerprint density at radius 3 is 2.62 bits per heavy atom. The van der Waals surface area contributed by atoms with Crippen LogP contribution in [-0.2, 0) is 6.42 Å². The number of aromatic nitrogens is 1. The zero-order valence-electron chi connectivity index (χ0n) is 13.6. The summed E-state index contributed by atoms with van der Waals surface area (Å²) in [4.78, 5) is 6.39. The van der Waals surface area contributed by atoms with Crippen LogP contribution >= 0.6 is 0 Å². The smallest absolute Gasteiger partial charge is 0.103 e. The molecule has 0 saturated heterocycles. The van der Waals surface area contributed by atoms with Gasteiger partial charge in [0.2, 0.25) is 0 Å². The quantitative estimate of drug-likeness (QED) is 0.672. The van der Waals surface area contributed by atoms with E-state index in [1.54, 1.807) is 0 Å². The molecule has 1 unspecified atom stereocenters. The lowest BCUT2D eigenvalue weighted by Crippen LogP contribution is -2.40. The molecular formula is C17H28N4. The van der Waals surface area contributed by atoms with Crippen molar-refractivity contribution in [2.24, 2.45) is 0 Å². The van der Waals surface area contributed by atoms with Crippen molar-refractivity contribution >= 4 is 0 Å². The molecule has 0 spiro atoms. The van der Waals surface area contributed by atoms with E-state index in [9.17, 15) is 5.26 Å². The molecule has 0 radical (unpaired) electrons. The number of nitrogens with one attached hydrogen (secondary N) is 1. The van der Waals surface area contributed by atoms with Crippen LogP contribution in [0.25, 0.3) is 0 Å². The summed E-state index contributed by atoms with van der Waals surface area (Å²) in [6.07, 6.45) is 7.88. The van der Waals surface area contributed by atoms with Crippen LogP contribution in [0.2, 0.25) is 0 Å². The number of nitrogens with zero attached hydrogens (tertiary/aromatic N) is 3. The maximum absolute atomic E-state index is 9.21. The van der Waals surface area contributed by atoms with Crippen molar-refractivity contribution in [3.8, 4) is 6.07 Å². The first-order valence-corrected chi connectivity index (χ1v) is 7.83. The molecule has 0 aliphatic rings. The number of unbranched alkanes of at least 4 members (excludes halogenated alkanes) is 1. The second-order valence-electron chi connectivity index (χ2n) is 5.84. The minimum absolute atomic E-state index is 0.371. The first-order chi connectivity index (χ1) is 10.1. The SMILES string of the molecule is CCNC(C)(C#N)CCCCN(C)CCc1ccncc1. The third-order valence-corrected chi connectivity index (χ3v) is 3.81. The number of rotatable bonds is 10. The summed E-state index contributed by atoms with van der Waals surface area (Å²) in [5.41, 5.74) is 0.964. The van der Waals surface area contributed by atoms with Gasteiger partial charge in [0.15, 0.2) is 0 Å². The molecule has 1 aromatic heterocycles. The van der Waals surface area contributed by atoms with E-state index in [2.05, 4.69) is 40.5 Å². The van der Waals surface area contributed by atoms with Crippen molar-refractivity contribution < 1.29 is 0 Å². The minimum atomic E-state index is -0.371. The number of nitriles is 1. The summed E-state index contributed by atoms with van der Waals surface area (Å²) in [6.45, 7) is 7.02. The highest BCUT2D eigenvalue weighted by molar-refractivity contribution is 5.09. The Labute approximate surface area is 129 Å². The Hall–Kier alpha value is -1.44. The van der Waals surface area contributed by atoms with Gasteiger partial charge in [0.1, 0.15) is 5.54 Å². The summed E-state index contributed by atoms with van der Waals surface area (Å²) in [7, 11) is 2.16. The zero-order valence-corrected chi connectivity index (χ0v) is 13.6. The average Bonchev–Trinajstić information content (AvgIpc) is 2.51. The van der Waals surface area contributed by atoms with Gasteiger partial charge in [-0.25, -0.2) is 0 Å². The largest absolute Gasteiger partial charge is 0.306 e. The van der Waals surface area contributed by atoms with Crippen LogP contribution < -0.4 is 5.32 Å². The number of pyridine rings is 1. The van der Waals surface area contributed by atoms with Crippen molar-refractivity contribution in [2.45, 2.75) is 45.1 Å². The molecule has 0 aliphatic carbocycles. The van der Waals surface area contributed by atoms with E-state index in [0.717, 1.165) is 45.3 Å². The fourth-order valence-corrected chi connectivity index (χ4v) is 2.42. The van der Waals surface area contributed by atoms with Crippen molar-refractivity contribution in [3.63, 3.8) is 0 Å². The lowest BCUT2D eigenvalue weighted by molar-refractivity contribution is 0.318. The molecule has 1 atom stereocenters. The van der Waals surface area contributed by atoms with Gasteiger partial charge in [0, 0.05) is 18.9 Å². The van der Waals surface area contributed by atoms with Crippen LogP contribution in [0.5, 0.6) is 0 Å². The van der Waals surface area contributed by atoms with Crippen LogP contribution in [0.4, 0.5) is 0 Å². The van der Waals surface area contributed by atoms with E-state index in [1.165, 1.54) is 5.56 Å². The Bertz CT molecular complexity index is 426. The summed E-state index contributed by atoms with van der Waals surface area (Å²) in [5, 5.41) is 12.5. The molecule has 0 bridgehead atoms. The molecule has 0 aromatic carbocycles. The second kappa shape index (κ2) is 9.49. The fraction of sp³-hybridized carbons (Fsp3) is 0.647. The number of hydrogen-bond donors (Lipinski definition) is 1. The van der Waals surface area contributed by atoms with Crippen LogP contribution in [0, 0.1) is 11.3 Å². The van der Waals surface area contributed by atoms with Gasteiger partial charge in [-0.3, -0.25) is 10.3 Å². The molecule has 0 amide bonds. The van der Waals surface area contributed by atoms with Crippen molar-refractivity contribution in [3.05, 3.63) is 30.1 Å². The van der Waals surface area contributed by atoms with E-state index in [1.807, 2.05) is 26.2 Å². The molecule has 116 valence electrons. The highest BCUT2D eigenvalue weighted by atomic mass is 15.1. The van der Waals surface area contributed by atoms with Gasteiger partial charge in [-0.2, -0.15) is 5.26 Å². The van der Waals surface area contributed by atoms with Crippen LogP contribution in [-0.4, -0.2) is 42.1 Å². The van der Waals surface area contributed by atoms with Crippen LogP contribution in [0.1, 0.15) is 38.7 Å². The predicted molar refractivity (Wildman–Crippen MR) is 87.0 cm³/mol.